The van der Waals surface area contributed by atoms with Crippen LogP contribution in [-0.2, 0) is 22.4 Å². The van der Waals surface area contributed by atoms with Crippen LogP contribution in [0, 0.1) is 5.92 Å². The van der Waals surface area contributed by atoms with Crippen molar-refractivity contribution in [1.29, 1.82) is 0 Å². The highest BCUT2D eigenvalue weighted by atomic mass is 16.3. The number of carbonyl (C=O) groups is 2. The summed E-state index contributed by atoms with van der Waals surface area (Å²) in [5, 5.41) is 15.2. The first-order valence-corrected chi connectivity index (χ1v) is 11.3. The lowest BCUT2D eigenvalue weighted by Crippen LogP contribution is -2.46. The average molecular weight is 445 g/mol. The SMILES string of the molecule is CC(C)Cc1ccc(C(C)C(=O)N[C@@H](Cc2ccccc2)C(=O)Nc2ccc(O)cc2)cc1. The summed E-state index contributed by atoms with van der Waals surface area (Å²) in [6, 6.07) is 23.2. The van der Waals surface area contributed by atoms with Gasteiger partial charge in [-0.1, -0.05) is 68.4 Å². The molecule has 0 fully saturated rings. The number of phenolic OH excluding ortho intramolecular Hbond substituents is 1. The highest BCUT2D eigenvalue weighted by Gasteiger charge is 2.25. The maximum Gasteiger partial charge on any atom is 0.247 e. The standard InChI is InChI=1S/C28H32N2O3/c1-19(2)17-22-9-11-23(12-10-22)20(3)27(32)30-26(18-21-7-5-4-6-8-21)28(33)29-24-13-15-25(31)16-14-24/h4-16,19-20,26,31H,17-18H2,1-3H3,(H,29,33)(H,30,32)/t20?,26-/m0/s1. The van der Waals surface area contributed by atoms with E-state index in [2.05, 4.69) is 36.6 Å². The van der Waals surface area contributed by atoms with Crippen molar-refractivity contribution in [2.75, 3.05) is 5.32 Å². The third kappa shape index (κ3) is 7.21. The summed E-state index contributed by atoms with van der Waals surface area (Å²) < 4.78 is 0. The zero-order chi connectivity index (χ0) is 23.8. The van der Waals surface area contributed by atoms with Gasteiger partial charge in [-0.15, -0.1) is 0 Å². The van der Waals surface area contributed by atoms with Crippen LogP contribution in [0.1, 0.15) is 43.4 Å². The van der Waals surface area contributed by atoms with Crippen LogP contribution in [0.4, 0.5) is 5.69 Å². The number of carbonyl (C=O) groups excluding carboxylic acids is 2. The predicted molar refractivity (Wildman–Crippen MR) is 132 cm³/mol. The summed E-state index contributed by atoms with van der Waals surface area (Å²) in [4.78, 5) is 26.1. The molecule has 0 bridgehead atoms. The quantitative estimate of drug-likeness (QED) is 0.404. The van der Waals surface area contributed by atoms with Crippen LogP contribution >= 0.6 is 0 Å². The van der Waals surface area contributed by atoms with Gasteiger partial charge in [-0.3, -0.25) is 9.59 Å². The summed E-state index contributed by atoms with van der Waals surface area (Å²) in [5.41, 5.74) is 3.67. The minimum absolute atomic E-state index is 0.121. The molecule has 3 aromatic rings. The Hall–Kier alpha value is -3.60. The fourth-order valence-corrected chi connectivity index (χ4v) is 3.70. The summed E-state index contributed by atoms with van der Waals surface area (Å²) in [5.74, 6) is -0.207. The average Bonchev–Trinajstić information content (AvgIpc) is 2.80. The van der Waals surface area contributed by atoms with E-state index in [0.29, 0.717) is 18.0 Å². The zero-order valence-electron chi connectivity index (χ0n) is 19.4. The van der Waals surface area contributed by atoms with Crippen LogP contribution < -0.4 is 10.6 Å². The van der Waals surface area contributed by atoms with Gasteiger partial charge in [-0.2, -0.15) is 0 Å². The molecule has 0 aliphatic heterocycles. The number of rotatable bonds is 9. The third-order valence-corrected chi connectivity index (χ3v) is 5.57. The molecule has 33 heavy (non-hydrogen) atoms. The smallest absolute Gasteiger partial charge is 0.247 e. The summed E-state index contributed by atoms with van der Waals surface area (Å²) >= 11 is 0. The molecule has 3 N–H and O–H groups in total. The monoisotopic (exact) mass is 444 g/mol. The molecule has 0 saturated heterocycles. The van der Waals surface area contributed by atoms with Crippen LogP contribution in [0.5, 0.6) is 5.75 Å². The van der Waals surface area contributed by atoms with Crippen molar-refractivity contribution in [3.05, 3.63) is 95.6 Å². The van der Waals surface area contributed by atoms with Gasteiger partial charge in [0.2, 0.25) is 11.8 Å². The van der Waals surface area contributed by atoms with Gasteiger partial charge in [0.25, 0.3) is 0 Å². The number of phenols is 1. The van der Waals surface area contributed by atoms with Gasteiger partial charge in [0, 0.05) is 12.1 Å². The topological polar surface area (TPSA) is 78.4 Å². The van der Waals surface area contributed by atoms with Crippen molar-refractivity contribution >= 4 is 17.5 Å². The maximum absolute atomic E-state index is 13.1. The minimum atomic E-state index is -0.739. The Labute approximate surface area is 195 Å². The van der Waals surface area contributed by atoms with Gasteiger partial charge >= 0.3 is 0 Å². The Morgan fingerprint density at radius 2 is 1.36 bits per heavy atom. The van der Waals surface area contributed by atoms with Gasteiger partial charge in [-0.05, 0) is 60.2 Å². The van der Waals surface area contributed by atoms with E-state index in [1.807, 2.05) is 49.4 Å². The van der Waals surface area contributed by atoms with E-state index in [9.17, 15) is 14.7 Å². The van der Waals surface area contributed by atoms with E-state index in [1.165, 1.54) is 17.7 Å². The second-order valence-corrected chi connectivity index (χ2v) is 8.85. The normalized spacial score (nSPS) is 12.7. The molecule has 3 rings (SSSR count). The number of benzene rings is 3. The number of amides is 2. The molecule has 1 unspecified atom stereocenters. The Kier molecular flexibility index (Phi) is 8.25. The van der Waals surface area contributed by atoms with Crippen LogP contribution in [0.3, 0.4) is 0 Å². The number of hydrogen-bond acceptors (Lipinski definition) is 3. The lowest BCUT2D eigenvalue weighted by molar-refractivity contribution is -0.127. The van der Waals surface area contributed by atoms with Crippen LogP contribution in [0.25, 0.3) is 0 Å². The number of hydrogen-bond donors (Lipinski definition) is 3. The lowest BCUT2D eigenvalue weighted by atomic mass is 9.95. The number of anilines is 1. The van der Waals surface area contributed by atoms with Crippen molar-refractivity contribution in [2.45, 2.75) is 45.6 Å². The molecule has 0 heterocycles. The van der Waals surface area contributed by atoms with E-state index >= 15 is 0 Å². The predicted octanol–water partition coefficient (Wildman–Crippen LogP) is 5.06. The molecule has 0 aliphatic rings. The highest BCUT2D eigenvalue weighted by Crippen LogP contribution is 2.19. The lowest BCUT2D eigenvalue weighted by Gasteiger charge is -2.21. The fraction of sp³-hybridized carbons (Fsp3) is 0.286. The molecule has 5 heteroatoms. The molecule has 0 saturated carbocycles. The first-order chi connectivity index (χ1) is 15.8. The van der Waals surface area contributed by atoms with E-state index in [-0.39, 0.29) is 17.6 Å². The first kappa shape index (κ1) is 24.1. The minimum Gasteiger partial charge on any atom is -0.508 e. The van der Waals surface area contributed by atoms with Gasteiger partial charge in [0.05, 0.1) is 5.92 Å². The largest absolute Gasteiger partial charge is 0.508 e. The summed E-state index contributed by atoms with van der Waals surface area (Å²) in [7, 11) is 0. The molecular weight excluding hydrogens is 412 g/mol. The molecule has 172 valence electrons. The van der Waals surface area contributed by atoms with Gasteiger partial charge < -0.3 is 15.7 Å². The van der Waals surface area contributed by atoms with Crippen molar-refractivity contribution < 1.29 is 14.7 Å². The van der Waals surface area contributed by atoms with E-state index in [4.69, 9.17) is 0 Å². The molecule has 0 spiro atoms. The van der Waals surface area contributed by atoms with Crippen molar-refractivity contribution in [3.63, 3.8) is 0 Å². The van der Waals surface area contributed by atoms with E-state index in [1.54, 1.807) is 12.1 Å². The van der Waals surface area contributed by atoms with Crippen molar-refractivity contribution in [3.8, 4) is 5.75 Å². The summed E-state index contributed by atoms with van der Waals surface area (Å²) in [6.07, 6.45) is 1.37. The van der Waals surface area contributed by atoms with Crippen LogP contribution in [0.15, 0.2) is 78.9 Å². The second kappa shape index (κ2) is 11.3. The van der Waals surface area contributed by atoms with Crippen LogP contribution in [-0.4, -0.2) is 23.0 Å². The van der Waals surface area contributed by atoms with Gasteiger partial charge in [0.15, 0.2) is 0 Å². The molecule has 3 aromatic carbocycles. The summed E-state index contributed by atoms with van der Waals surface area (Å²) in [6.45, 7) is 6.21. The molecule has 0 aromatic heterocycles. The van der Waals surface area contributed by atoms with E-state index in [0.717, 1.165) is 17.5 Å². The Morgan fingerprint density at radius 3 is 1.97 bits per heavy atom. The molecule has 5 nitrogen and oxygen atoms in total. The third-order valence-electron chi connectivity index (χ3n) is 5.57. The molecule has 2 atom stereocenters. The molecule has 2 amide bonds. The van der Waals surface area contributed by atoms with Gasteiger partial charge in [-0.25, -0.2) is 0 Å². The fourth-order valence-electron chi connectivity index (χ4n) is 3.70. The van der Waals surface area contributed by atoms with Crippen LogP contribution in [0.2, 0.25) is 0 Å². The van der Waals surface area contributed by atoms with Crippen molar-refractivity contribution in [2.24, 2.45) is 5.92 Å². The van der Waals surface area contributed by atoms with E-state index < -0.39 is 12.0 Å². The van der Waals surface area contributed by atoms with Gasteiger partial charge in [0.1, 0.15) is 11.8 Å². The zero-order valence-corrected chi connectivity index (χ0v) is 19.4. The molecule has 0 aliphatic carbocycles. The first-order valence-electron chi connectivity index (χ1n) is 11.3. The number of aromatic hydroxyl groups is 1. The molecular formula is C28H32N2O3. The Balaban J connectivity index is 1.73. The Bertz CT molecular complexity index is 1040. The maximum atomic E-state index is 13.1. The second-order valence-electron chi connectivity index (χ2n) is 8.85. The number of nitrogens with one attached hydrogen (secondary N) is 2. The Morgan fingerprint density at radius 1 is 0.758 bits per heavy atom. The van der Waals surface area contributed by atoms with Crippen molar-refractivity contribution in [1.82, 2.24) is 5.32 Å². The molecule has 0 radical (unpaired) electrons. The highest BCUT2D eigenvalue weighted by molar-refractivity contribution is 5.98.